The molecule has 1 amide bonds. The molecule has 0 spiro atoms. The van der Waals surface area contributed by atoms with Crippen molar-refractivity contribution in [3.8, 4) is 0 Å². The Labute approximate surface area is 84.3 Å². The average molecular weight is 220 g/mol. The minimum Gasteiger partial charge on any atom is -0.369 e. The second kappa shape index (κ2) is 4.27. The largest absolute Gasteiger partial charge is 0.369 e. The van der Waals surface area contributed by atoms with E-state index in [2.05, 4.69) is 0 Å². The van der Waals surface area contributed by atoms with Gasteiger partial charge in [-0.2, -0.15) is 0 Å². The number of hydrogen-bond donors (Lipinski definition) is 1. The molecule has 2 N–H and O–H groups in total. The Morgan fingerprint density at radius 3 is 2.71 bits per heavy atom. The molecule has 0 aromatic carbocycles. The highest BCUT2D eigenvalue weighted by Gasteiger charge is 2.29. The zero-order chi connectivity index (χ0) is 10.8. The van der Waals surface area contributed by atoms with Gasteiger partial charge in [-0.15, -0.1) is 0 Å². The van der Waals surface area contributed by atoms with Crippen LogP contribution in [0.25, 0.3) is 0 Å². The number of rotatable bonds is 3. The third-order valence-electron chi connectivity index (χ3n) is 2.54. The van der Waals surface area contributed by atoms with Crippen molar-refractivity contribution in [2.45, 2.75) is 19.8 Å². The van der Waals surface area contributed by atoms with E-state index in [0.717, 1.165) is 0 Å². The Morgan fingerprint density at radius 2 is 2.21 bits per heavy atom. The summed E-state index contributed by atoms with van der Waals surface area (Å²) in [7, 11) is -3.16. The number of carbonyl (C=O) groups excluding carboxylic acids is 1. The van der Waals surface area contributed by atoms with Crippen molar-refractivity contribution < 1.29 is 13.2 Å². The van der Waals surface area contributed by atoms with Crippen molar-refractivity contribution in [2.75, 3.05) is 18.8 Å². The van der Waals surface area contributed by atoms with E-state index in [-0.39, 0.29) is 18.2 Å². The van der Waals surface area contributed by atoms with Gasteiger partial charge in [0, 0.05) is 13.1 Å². The molecule has 14 heavy (non-hydrogen) atoms. The van der Waals surface area contributed by atoms with Crippen LogP contribution in [0.5, 0.6) is 0 Å². The number of nitrogens with zero attached hydrogens (tertiary/aromatic N) is 1. The number of amides is 1. The number of hydrogen-bond acceptors (Lipinski definition) is 3. The maximum atomic E-state index is 11.5. The summed E-state index contributed by atoms with van der Waals surface area (Å²) >= 11 is 0. The first kappa shape index (κ1) is 11.5. The highest BCUT2D eigenvalue weighted by atomic mass is 32.2. The fourth-order valence-corrected chi connectivity index (χ4v) is 2.79. The molecule has 1 rings (SSSR count). The highest BCUT2D eigenvalue weighted by Crippen LogP contribution is 2.18. The van der Waals surface area contributed by atoms with Crippen LogP contribution in [0.1, 0.15) is 19.8 Å². The third-order valence-corrected chi connectivity index (χ3v) is 4.39. The Morgan fingerprint density at radius 1 is 1.57 bits per heavy atom. The lowest BCUT2D eigenvalue weighted by Crippen LogP contribution is -2.44. The van der Waals surface area contributed by atoms with Gasteiger partial charge in [0.2, 0.25) is 15.9 Å². The summed E-state index contributed by atoms with van der Waals surface area (Å²) in [6, 6.07) is 0. The average Bonchev–Trinajstić information content (AvgIpc) is 2.18. The van der Waals surface area contributed by atoms with Gasteiger partial charge in [-0.05, 0) is 19.8 Å². The summed E-state index contributed by atoms with van der Waals surface area (Å²) in [5.74, 6) is -0.635. The van der Waals surface area contributed by atoms with Crippen molar-refractivity contribution in [3.05, 3.63) is 0 Å². The molecule has 0 aliphatic carbocycles. The zero-order valence-corrected chi connectivity index (χ0v) is 9.09. The van der Waals surface area contributed by atoms with Crippen LogP contribution < -0.4 is 5.73 Å². The molecule has 0 radical (unpaired) electrons. The molecule has 1 atom stereocenters. The predicted molar refractivity (Wildman–Crippen MR) is 53.0 cm³/mol. The van der Waals surface area contributed by atoms with Crippen LogP contribution in [0.4, 0.5) is 0 Å². The molecule has 0 bridgehead atoms. The standard InChI is InChI=1S/C8H16N2O3S/c1-2-14(12,13)10-5-3-4-7(6-10)8(9)11/h7H,2-6H2,1H3,(H2,9,11). The van der Waals surface area contributed by atoms with E-state index in [1.54, 1.807) is 6.92 Å². The van der Waals surface area contributed by atoms with E-state index in [4.69, 9.17) is 5.73 Å². The molecular formula is C8H16N2O3S. The van der Waals surface area contributed by atoms with Gasteiger partial charge in [0.15, 0.2) is 0 Å². The molecule has 1 fully saturated rings. The van der Waals surface area contributed by atoms with Crippen LogP contribution in [0, 0.1) is 5.92 Å². The Kier molecular flexibility index (Phi) is 3.49. The molecule has 1 unspecified atom stereocenters. The van der Waals surface area contributed by atoms with Gasteiger partial charge in [-0.3, -0.25) is 4.79 Å². The topological polar surface area (TPSA) is 80.5 Å². The summed E-state index contributed by atoms with van der Waals surface area (Å²) in [5.41, 5.74) is 5.15. The van der Waals surface area contributed by atoms with Gasteiger partial charge in [0.1, 0.15) is 0 Å². The minimum atomic E-state index is -3.16. The second-order valence-corrected chi connectivity index (χ2v) is 5.76. The lowest BCUT2D eigenvalue weighted by Gasteiger charge is -2.29. The first-order chi connectivity index (χ1) is 6.47. The number of piperidine rings is 1. The SMILES string of the molecule is CCS(=O)(=O)N1CCCC(C(N)=O)C1. The maximum absolute atomic E-state index is 11.5. The fraction of sp³-hybridized carbons (Fsp3) is 0.875. The number of sulfonamides is 1. The Hall–Kier alpha value is -0.620. The molecule has 1 saturated heterocycles. The maximum Gasteiger partial charge on any atom is 0.221 e. The van der Waals surface area contributed by atoms with Crippen molar-refractivity contribution in [1.82, 2.24) is 4.31 Å². The van der Waals surface area contributed by atoms with E-state index in [1.807, 2.05) is 0 Å². The summed E-state index contributed by atoms with van der Waals surface area (Å²) in [6.45, 7) is 2.37. The Balaban J connectivity index is 2.70. The molecule has 0 saturated carbocycles. The van der Waals surface area contributed by atoms with Crippen molar-refractivity contribution in [1.29, 1.82) is 0 Å². The van der Waals surface area contributed by atoms with Crippen LogP contribution in [0.2, 0.25) is 0 Å². The summed E-state index contributed by atoms with van der Waals surface area (Å²) < 4.78 is 24.4. The first-order valence-corrected chi connectivity index (χ1v) is 6.35. The van der Waals surface area contributed by atoms with Crippen molar-refractivity contribution in [3.63, 3.8) is 0 Å². The van der Waals surface area contributed by atoms with Gasteiger partial charge < -0.3 is 5.73 Å². The normalized spacial score (nSPS) is 24.8. The fourth-order valence-electron chi connectivity index (χ4n) is 1.61. The molecular weight excluding hydrogens is 204 g/mol. The van der Waals surface area contributed by atoms with Gasteiger partial charge in [-0.25, -0.2) is 12.7 Å². The molecule has 6 heteroatoms. The Bertz CT molecular complexity index is 313. The number of primary amides is 1. The smallest absolute Gasteiger partial charge is 0.221 e. The third kappa shape index (κ3) is 2.45. The van der Waals surface area contributed by atoms with Crippen LogP contribution in [-0.4, -0.2) is 37.5 Å². The number of nitrogens with two attached hydrogens (primary N) is 1. The van der Waals surface area contributed by atoms with Crippen molar-refractivity contribution >= 4 is 15.9 Å². The molecule has 0 aromatic heterocycles. The van der Waals surface area contributed by atoms with Crippen LogP contribution >= 0.6 is 0 Å². The molecule has 1 aliphatic heterocycles. The molecule has 5 nitrogen and oxygen atoms in total. The summed E-state index contributed by atoms with van der Waals surface area (Å²) in [5, 5.41) is 0. The van der Waals surface area contributed by atoms with E-state index in [0.29, 0.717) is 19.4 Å². The number of carbonyl (C=O) groups is 1. The van der Waals surface area contributed by atoms with Gasteiger partial charge in [0.25, 0.3) is 0 Å². The highest BCUT2D eigenvalue weighted by molar-refractivity contribution is 7.89. The molecule has 1 aliphatic rings. The zero-order valence-electron chi connectivity index (χ0n) is 8.27. The van der Waals surface area contributed by atoms with E-state index in [1.165, 1.54) is 4.31 Å². The van der Waals surface area contributed by atoms with Crippen LogP contribution in [0.15, 0.2) is 0 Å². The summed E-state index contributed by atoms with van der Waals surface area (Å²) in [6.07, 6.45) is 1.41. The van der Waals surface area contributed by atoms with E-state index in [9.17, 15) is 13.2 Å². The van der Waals surface area contributed by atoms with Crippen LogP contribution in [-0.2, 0) is 14.8 Å². The van der Waals surface area contributed by atoms with Gasteiger partial charge >= 0.3 is 0 Å². The quantitative estimate of drug-likeness (QED) is 0.698. The lowest BCUT2D eigenvalue weighted by molar-refractivity contribution is -0.122. The van der Waals surface area contributed by atoms with Crippen molar-refractivity contribution in [2.24, 2.45) is 11.7 Å². The van der Waals surface area contributed by atoms with E-state index >= 15 is 0 Å². The van der Waals surface area contributed by atoms with Gasteiger partial charge in [-0.1, -0.05) is 0 Å². The van der Waals surface area contributed by atoms with E-state index < -0.39 is 15.9 Å². The predicted octanol–water partition coefficient (Wildman–Crippen LogP) is -0.467. The summed E-state index contributed by atoms with van der Waals surface area (Å²) in [4.78, 5) is 10.9. The molecule has 82 valence electrons. The monoisotopic (exact) mass is 220 g/mol. The first-order valence-electron chi connectivity index (χ1n) is 4.74. The lowest BCUT2D eigenvalue weighted by atomic mass is 9.99. The molecule has 0 aromatic rings. The van der Waals surface area contributed by atoms with Crippen LogP contribution in [0.3, 0.4) is 0 Å². The second-order valence-electron chi connectivity index (χ2n) is 3.50. The molecule has 1 heterocycles. The van der Waals surface area contributed by atoms with Gasteiger partial charge in [0.05, 0.1) is 11.7 Å². The minimum absolute atomic E-state index is 0.0818.